The summed E-state index contributed by atoms with van der Waals surface area (Å²) in [4.78, 5) is 12.2. The number of fused-ring (bicyclic) bond motifs is 1. The molecule has 0 bridgehead atoms. The molecule has 0 radical (unpaired) electrons. The lowest BCUT2D eigenvalue weighted by atomic mass is 10.0. The topological polar surface area (TPSA) is 39.9 Å². The van der Waals surface area contributed by atoms with E-state index in [9.17, 15) is 4.79 Å². The van der Waals surface area contributed by atoms with Gasteiger partial charge < -0.3 is 13.9 Å². The first-order chi connectivity index (χ1) is 10.5. The minimum Gasteiger partial charge on any atom is -0.462 e. The summed E-state index contributed by atoms with van der Waals surface area (Å²) in [6.45, 7) is 12.4. The van der Waals surface area contributed by atoms with Crippen LogP contribution < -0.4 is 0 Å². The van der Waals surface area contributed by atoms with Crippen LogP contribution in [0.5, 0.6) is 0 Å². The molecule has 0 spiro atoms. The summed E-state index contributed by atoms with van der Waals surface area (Å²) in [5.74, 6) is -0.294. The first kappa shape index (κ1) is 16.3. The van der Waals surface area contributed by atoms with E-state index < -0.39 is 0 Å². The highest BCUT2D eigenvalue weighted by Gasteiger charge is 2.20. The van der Waals surface area contributed by atoms with Crippen LogP contribution in [-0.2, 0) is 9.47 Å². The number of carbonyl (C=O) groups excluding carboxylic acids is 1. The molecular formula is C18H23NO3. The fourth-order valence-electron chi connectivity index (χ4n) is 2.57. The summed E-state index contributed by atoms with van der Waals surface area (Å²) in [6, 6.07) is 5.79. The maximum atomic E-state index is 12.2. The van der Waals surface area contributed by atoms with Gasteiger partial charge in [0.15, 0.2) is 0 Å². The van der Waals surface area contributed by atoms with Crippen molar-refractivity contribution in [2.75, 3.05) is 13.2 Å². The fourth-order valence-corrected chi connectivity index (χ4v) is 2.57. The lowest BCUT2D eigenvalue weighted by Crippen LogP contribution is -2.14. The summed E-state index contributed by atoms with van der Waals surface area (Å²) < 4.78 is 13.1. The highest BCUT2D eigenvalue weighted by atomic mass is 16.5. The van der Waals surface area contributed by atoms with Gasteiger partial charge in [-0.2, -0.15) is 0 Å². The van der Waals surface area contributed by atoms with Crippen molar-refractivity contribution in [3.05, 3.63) is 53.4 Å². The Labute approximate surface area is 131 Å². The van der Waals surface area contributed by atoms with Gasteiger partial charge in [-0.15, -0.1) is 0 Å². The van der Waals surface area contributed by atoms with Crippen LogP contribution in [0.3, 0.4) is 0 Å². The van der Waals surface area contributed by atoms with Gasteiger partial charge in [-0.25, -0.2) is 4.79 Å². The van der Waals surface area contributed by atoms with E-state index in [4.69, 9.17) is 9.47 Å². The number of esters is 1. The van der Waals surface area contributed by atoms with Crippen LogP contribution in [0.1, 0.15) is 48.5 Å². The second-order valence-corrected chi connectivity index (χ2v) is 5.50. The van der Waals surface area contributed by atoms with E-state index in [2.05, 4.69) is 11.0 Å². The van der Waals surface area contributed by atoms with Gasteiger partial charge in [-0.3, -0.25) is 0 Å². The van der Waals surface area contributed by atoms with E-state index in [-0.39, 0.29) is 12.1 Å². The molecule has 0 aliphatic rings. The molecular weight excluding hydrogens is 278 g/mol. The Morgan fingerprint density at radius 3 is 2.82 bits per heavy atom. The fraction of sp³-hybridized carbons (Fsp3) is 0.389. The van der Waals surface area contributed by atoms with Crippen LogP contribution in [0, 0.1) is 6.92 Å². The zero-order valence-electron chi connectivity index (χ0n) is 13.7. The Morgan fingerprint density at radius 2 is 2.18 bits per heavy atom. The van der Waals surface area contributed by atoms with Crippen LogP contribution in [0.25, 0.3) is 5.52 Å². The van der Waals surface area contributed by atoms with Crippen molar-refractivity contribution in [3.63, 3.8) is 0 Å². The molecule has 22 heavy (non-hydrogen) atoms. The normalized spacial score (nSPS) is 12.4. The number of pyridine rings is 1. The third-order valence-corrected chi connectivity index (χ3v) is 3.58. The van der Waals surface area contributed by atoms with E-state index in [0.717, 1.165) is 22.3 Å². The Hall–Kier alpha value is -2.07. The summed E-state index contributed by atoms with van der Waals surface area (Å²) in [5.41, 5.74) is 4.36. The van der Waals surface area contributed by atoms with E-state index in [1.54, 1.807) is 0 Å². The Balaban J connectivity index is 2.50. The summed E-state index contributed by atoms with van der Waals surface area (Å²) >= 11 is 0. The van der Waals surface area contributed by atoms with E-state index in [1.807, 2.05) is 52.1 Å². The molecule has 0 saturated heterocycles. The quantitative estimate of drug-likeness (QED) is 0.596. The second-order valence-electron chi connectivity index (χ2n) is 5.50. The molecule has 4 nitrogen and oxygen atoms in total. The third kappa shape index (κ3) is 3.22. The van der Waals surface area contributed by atoms with Crippen LogP contribution >= 0.6 is 0 Å². The molecule has 0 amide bonds. The van der Waals surface area contributed by atoms with Crippen LogP contribution in [0.2, 0.25) is 0 Å². The molecule has 1 atom stereocenters. The van der Waals surface area contributed by atoms with Gasteiger partial charge in [-0.05, 0) is 51.5 Å². The van der Waals surface area contributed by atoms with Gasteiger partial charge in [0.2, 0.25) is 0 Å². The molecule has 0 fully saturated rings. The van der Waals surface area contributed by atoms with E-state index in [0.29, 0.717) is 18.8 Å². The van der Waals surface area contributed by atoms with Crippen LogP contribution in [0.15, 0.2) is 36.5 Å². The lowest BCUT2D eigenvalue weighted by Gasteiger charge is -2.20. The van der Waals surface area contributed by atoms with Crippen molar-refractivity contribution < 1.29 is 14.3 Å². The first-order valence-corrected chi connectivity index (χ1v) is 7.49. The van der Waals surface area contributed by atoms with Gasteiger partial charge in [0.1, 0.15) is 0 Å². The van der Waals surface area contributed by atoms with E-state index in [1.165, 1.54) is 0 Å². The van der Waals surface area contributed by atoms with E-state index >= 15 is 0 Å². The first-order valence-electron chi connectivity index (χ1n) is 7.49. The molecule has 0 aliphatic carbocycles. The summed E-state index contributed by atoms with van der Waals surface area (Å²) in [7, 11) is 0. The van der Waals surface area contributed by atoms with Crippen molar-refractivity contribution in [1.29, 1.82) is 0 Å². The highest BCUT2D eigenvalue weighted by molar-refractivity contribution is 5.92. The molecule has 0 aliphatic heterocycles. The molecule has 1 unspecified atom stereocenters. The van der Waals surface area contributed by atoms with Gasteiger partial charge in [0.25, 0.3) is 0 Å². The maximum absolute atomic E-state index is 12.2. The Morgan fingerprint density at radius 1 is 1.45 bits per heavy atom. The minimum atomic E-state index is -0.294. The summed E-state index contributed by atoms with van der Waals surface area (Å²) in [6.07, 6.45) is 1.83. The maximum Gasteiger partial charge on any atom is 0.338 e. The molecule has 2 aromatic heterocycles. The molecule has 2 heterocycles. The van der Waals surface area contributed by atoms with Gasteiger partial charge in [0.05, 0.1) is 30.6 Å². The van der Waals surface area contributed by atoms with Crippen molar-refractivity contribution in [3.8, 4) is 0 Å². The lowest BCUT2D eigenvalue weighted by molar-refractivity contribution is 0.0523. The Kier molecular flexibility index (Phi) is 5.03. The number of hydrogen-bond donors (Lipinski definition) is 0. The number of hydrogen-bond acceptors (Lipinski definition) is 3. The molecule has 0 aromatic carbocycles. The molecule has 0 N–H and O–H groups in total. The molecule has 2 aromatic rings. The van der Waals surface area contributed by atoms with Gasteiger partial charge in [-0.1, -0.05) is 12.2 Å². The largest absolute Gasteiger partial charge is 0.462 e. The van der Waals surface area contributed by atoms with Crippen LogP contribution in [0.4, 0.5) is 0 Å². The standard InChI is InChI=1S/C18H23NO3/c1-6-21-18(20)16-10-15-8-7-9-19(15)17(13(16)4)14(5)22-11-12(2)3/h7-10,14H,2,6,11H2,1,3-5H3. The van der Waals surface area contributed by atoms with Crippen molar-refractivity contribution in [2.45, 2.75) is 33.8 Å². The number of aromatic nitrogens is 1. The predicted octanol–water partition coefficient (Wildman–Crippen LogP) is 4.08. The van der Waals surface area contributed by atoms with Crippen LogP contribution in [-0.4, -0.2) is 23.6 Å². The SMILES string of the molecule is C=C(C)COC(C)c1c(C)c(C(=O)OCC)cc2cccn12. The number of carbonyl (C=O) groups is 1. The van der Waals surface area contributed by atoms with Crippen molar-refractivity contribution in [2.24, 2.45) is 0 Å². The van der Waals surface area contributed by atoms with Gasteiger partial charge >= 0.3 is 5.97 Å². The zero-order valence-corrected chi connectivity index (χ0v) is 13.7. The number of ether oxygens (including phenoxy) is 2. The van der Waals surface area contributed by atoms with Crippen molar-refractivity contribution in [1.82, 2.24) is 4.40 Å². The average Bonchev–Trinajstić information content (AvgIpc) is 2.92. The Bertz CT molecular complexity index is 700. The predicted molar refractivity (Wildman–Crippen MR) is 87.3 cm³/mol. The minimum absolute atomic E-state index is 0.152. The summed E-state index contributed by atoms with van der Waals surface area (Å²) in [5, 5.41) is 0. The average molecular weight is 301 g/mol. The molecule has 0 saturated carbocycles. The second kappa shape index (κ2) is 6.79. The number of nitrogens with zero attached hydrogens (tertiary/aromatic N) is 1. The molecule has 4 heteroatoms. The third-order valence-electron chi connectivity index (χ3n) is 3.58. The van der Waals surface area contributed by atoms with Crippen molar-refractivity contribution >= 4 is 11.5 Å². The molecule has 118 valence electrons. The zero-order chi connectivity index (χ0) is 16.3. The van der Waals surface area contributed by atoms with Gasteiger partial charge in [0, 0.05) is 11.7 Å². The smallest absolute Gasteiger partial charge is 0.338 e. The number of rotatable bonds is 6. The highest BCUT2D eigenvalue weighted by Crippen LogP contribution is 2.27. The monoisotopic (exact) mass is 301 g/mol. The molecule has 2 rings (SSSR count).